The highest BCUT2D eigenvalue weighted by molar-refractivity contribution is 7.90. The Hall–Kier alpha value is -1.51. The van der Waals surface area contributed by atoms with Gasteiger partial charge in [0.25, 0.3) is 0 Å². The molecule has 7 nitrogen and oxygen atoms in total. The van der Waals surface area contributed by atoms with Gasteiger partial charge in [-0.1, -0.05) is 11.6 Å². The lowest BCUT2D eigenvalue weighted by Gasteiger charge is -2.19. The van der Waals surface area contributed by atoms with E-state index in [1.807, 2.05) is 0 Å². The van der Waals surface area contributed by atoms with Crippen LogP contribution in [0.5, 0.6) is 5.75 Å². The molecule has 0 spiro atoms. The average Bonchev–Trinajstić information content (AvgIpc) is 2.44. The van der Waals surface area contributed by atoms with Crippen molar-refractivity contribution in [3.05, 3.63) is 23.2 Å². The molecule has 0 radical (unpaired) electrons. The van der Waals surface area contributed by atoms with Gasteiger partial charge in [-0.3, -0.25) is 9.52 Å². The monoisotopic (exact) mass is 336 g/mol. The molecule has 0 saturated carbocycles. The molecule has 0 saturated heterocycles. The van der Waals surface area contributed by atoms with Crippen LogP contribution in [0.1, 0.15) is 6.42 Å². The molecular weight excluding hydrogens is 320 g/mol. The number of hydrogen-bond donors (Lipinski definition) is 1. The molecule has 0 aromatic heterocycles. The third-order valence-electron chi connectivity index (χ3n) is 2.67. The molecule has 0 bridgehead atoms. The van der Waals surface area contributed by atoms with E-state index in [2.05, 4.69) is 9.46 Å². The summed E-state index contributed by atoms with van der Waals surface area (Å²) in [6, 6.07) is 4.57. The maximum Gasteiger partial charge on any atom is 0.306 e. The Bertz CT molecular complexity index is 606. The van der Waals surface area contributed by atoms with Gasteiger partial charge < -0.3 is 9.47 Å². The Balaban J connectivity index is 2.84. The largest absolute Gasteiger partial charge is 0.495 e. The summed E-state index contributed by atoms with van der Waals surface area (Å²) in [5, 5.41) is 0.366. The summed E-state index contributed by atoms with van der Waals surface area (Å²) in [7, 11) is 0.180. The van der Waals surface area contributed by atoms with Gasteiger partial charge in [0.05, 0.1) is 26.3 Å². The molecule has 118 valence electrons. The molecule has 21 heavy (non-hydrogen) atoms. The summed E-state index contributed by atoms with van der Waals surface area (Å²) in [6.07, 6.45) is -0.0411. The van der Waals surface area contributed by atoms with Crippen LogP contribution in [0, 0.1) is 0 Å². The van der Waals surface area contributed by atoms with E-state index in [9.17, 15) is 13.2 Å². The van der Waals surface area contributed by atoms with Gasteiger partial charge >= 0.3 is 16.2 Å². The predicted molar refractivity (Wildman–Crippen MR) is 79.8 cm³/mol. The summed E-state index contributed by atoms with van der Waals surface area (Å²) in [5.41, 5.74) is 0.218. The molecule has 1 aromatic carbocycles. The molecule has 1 N–H and O–H groups in total. The molecule has 0 amide bonds. The van der Waals surface area contributed by atoms with E-state index in [1.165, 1.54) is 27.3 Å². The number of methoxy groups -OCH3 is 2. The molecule has 0 aliphatic rings. The first kappa shape index (κ1) is 17.5. The van der Waals surface area contributed by atoms with Crippen molar-refractivity contribution >= 4 is 33.5 Å². The van der Waals surface area contributed by atoms with E-state index >= 15 is 0 Å². The summed E-state index contributed by atoms with van der Waals surface area (Å²) in [4.78, 5) is 11.0. The number of hydrogen-bond acceptors (Lipinski definition) is 5. The van der Waals surface area contributed by atoms with E-state index in [1.54, 1.807) is 12.1 Å². The van der Waals surface area contributed by atoms with Crippen molar-refractivity contribution in [3.8, 4) is 5.75 Å². The highest BCUT2D eigenvalue weighted by Crippen LogP contribution is 2.28. The minimum Gasteiger partial charge on any atom is -0.495 e. The molecule has 0 aliphatic carbocycles. The number of carbonyl (C=O) groups excluding carboxylic acids is 1. The lowest BCUT2D eigenvalue weighted by atomic mass is 10.3. The van der Waals surface area contributed by atoms with Crippen LogP contribution in [0.2, 0.25) is 5.02 Å². The summed E-state index contributed by atoms with van der Waals surface area (Å²) in [5.74, 6) is -0.151. The van der Waals surface area contributed by atoms with E-state index < -0.39 is 16.2 Å². The highest BCUT2D eigenvalue weighted by atomic mass is 35.5. The van der Waals surface area contributed by atoms with Crippen LogP contribution in [0.3, 0.4) is 0 Å². The van der Waals surface area contributed by atoms with Gasteiger partial charge in [-0.15, -0.1) is 0 Å². The normalized spacial score (nSPS) is 11.3. The minimum absolute atomic E-state index is 0.00904. The molecule has 0 fully saturated rings. The van der Waals surface area contributed by atoms with Gasteiger partial charge in [-0.25, -0.2) is 0 Å². The lowest BCUT2D eigenvalue weighted by molar-refractivity contribution is -0.140. The number of carbonyl (C=O) groups is 1. The van der Waals surface area contributed by atoms with E-state index in [0.29, 0.717) is 10.8 Å². The third-order valence-corrected chi connectivity index (χ3v) is 4.39. The zero-order chi connectivity index (χ0) is 16.0. The first-order valence-electron chi connectivity index (χ1n) is 5.94. The van der Waals surface area contributed by atoms with Gasteiger partial charge in [-0.05, 0) is 18.2 Å². The van der Waals surface area contributed by atoms with Crippen LogP contribution in [0.4, 0.5) is 5.69 Å². The van der Waals surface area contributed by atoms with Gasteiger partial charge in [0.15, 0.2) is 0 Å². The summed E-state index contributed by atoms with van der Waals surface area (Å²) < 4.78 is 37.2. The maximum atomic E-state index is 12.1. The smallest absolute Gasteiger partial charge is 0.306 e. The first-order chi connectivity index (χ1) is 9.80. The molecule has 1 rings (SSSR count). The Morgan fingerprint density at radius 2 is 2.05 bits per heavy atom. The van der Waals surface area contributed by atoms with Gasteiger partial charge in [0.2, 0.25) is 0 Å². The Labute approximate surface area is 129 Å². The van der Waals surface area contributed by atoms with Crippen molar-refractivity contribution in [3.63, 3.8) is 0 Å². The molecule has 0 unspecified atom stereocenters. The molecular formula is C12H17ClN2O5S. The van der Waals surface area contributed by atoms with Crippen LogP contribution in [0.15, 0.2) is 18.2 Å². The summed E-state index contributed by atoms with van der Waals surface area (Å²) in [6.45, 7) is -0.00904. The number of esters is 1. The Morgan fingerprint density at radius 1 is 1.38 bits per heavy atom. The van der Waals surface area contributed by atoms with Crippen molar-refractivity contribution in [2.24, 2.45) is 0 Å². The standard InChI is InChI=1S/C12H17ClN2O5S/c1-15(7-6-12(16)20-3)21(17,18)14-10-8-9(13)4-5-11(10)19-2/h4-5,8,14H,6-7H2,1-3H3. The highest BCUT2D eigenvalue weighted by Gasteiger charge is 2.20. The van der Waals surface area contributed by atoms with Crippen molar-refractivity contribution < 1.29 is 22.7 Å². The number of benzene rings is 1. The minimum atomic E-state index is -3.83. The number of halogens is 1. The van der Waals surface area contributed by atoms with Crippen molar-refractivity contribution in [1.29, 1.82) is 0 Å². The second-order valence-corrected chi connectivity index (χ2v) is 6.31. The SMILES string of the molecule is COC(=O)CCN(C)S(=O)(=O)Nc1cc(Cl)ccc1OC. The van der Waals surface area contributed by atoms with Crippen LogP contribution >= 0.6 is 11.6 Å². The fraction of sp³-hybridized carbons (Fsp3) is 0.417. The Kier molecular flexibility index (Phi) is 6.25. The van der Waals surface area contributed by atoms with Crippen LogP contribution in [-0.4, -0.2) is 46.5 Å². The van der Waals surface area contributed by atoms with Crippen LogP contribution < -0.4 is 9.46 Å². The topological polar surface area (TPSA) is 84.9 Å². The zero-order valence-electron chi connectivity index (χ0n) is 11.9. The van der Waals surface area contributed by atoms with Gasteiger partial charge in [0.1, 0.15) is 5.75 Å². The lowest BCUT2D eigenvalue weighted by Crippen LogP contribution is -2.34. The second-order valence-electron chi connectivity index (χ2n) is 4.10. The molecule has 0 heterocycles. The van der Waals surface area contributed by atoms with Crippen LogP contribution in [-0.2, 0) is 19.7 Å². The number of nitrogens with one attached hydrogen (secondary N) is 1. The molecule has 0 atom stereocenters. The van der Waals surface area contributed by atoms with Crippen molar-refractivity contribution in [2.45, 2.75) is 6.42 Å². The maximum absolute atomic E-state index is 12.1. The number of ether oxygens (including phenoxy) is 2. The molecule has 9 heteroatoms. The fourth-order valence-corrected chi connectivity index (χ4v) is 2.54. The predicted octanol–water partition coefficient (Wildman–Crippen LogP) is 1.50. The van der Waals surface area contributed by atoms with Crippen molar-refractivity contribution in [1.82, 2.24) is 4.31 Å². The van der Waals surface area contributed by atoms with Crippen molar-refractivity contribution in [2.75, 3.05) is 32.5 Å². The fourth-order valence-electron chi connectivity index (χ4n) is 1.45. The van der Waals surface area contributed by atoms with E-state index in [4.69, 9.17) is 16.3 Å². The number of nitrogens with zero attached hydrogens (tertiary/aromatic N) is 1. The van der Waals surface area contributed by atoms with Crippen LogP contribution in [0.25, 0.3) is 0 Å². The third kappa shape index (κ3) is 5.07. The van der Waals surface area contributed by atoms with Gasteiger partial charge in [-0.2, -0.15) is 12.7 Å². The zero-order valence-corrected chi connectivity index (χ0v) is 13.5. The summed E-state index contributed by atoms with van der Waals surface area (Å²) >= 11 is 5.84. The van der Waals surface area contributed by atoms with Gasteiger partial charge in [0, 0.05) is 18.6 Å². The second kappa shape index (κ2) is 7.48. The molecule has 1 aromatic rings. The quantitative estimate of drug-likeness (QED) is 0.763. The molecule has 0 aliphatic heterocycles. The number of anilines is 1. The first-order valence-corrected chi connectivity index (χ1v) is 7.76. The van der Waals surface area contributed by atoms with E-state index in [0.717, 1.165) is 4.31 Å². The average molecular weight is 337 g/mol. The van der Waals surface area contributed by atoms with E-state index in [-0.39, 0.29) is 18.7 Å². The number of rotatable bonds is 7. The Morgan fingerprint density at radius 3 is 2.62 bits per heavy atom.